The molecule has 2 aromatic heterocycles. The van der Waals surface area contributed by atoms with Gasteiger partial charge in [-0.2, -0.15) is 4.98 Å². The molecule has 0 radical (unpaired) electrons. The van der Waals surface area contributed by atoms with E-state index in [1.807, 2.05) is 28.5 Å². The van der Waals surface area contributed by atoms with Crippen LogP contribution in [0.3, 0.4) is 0 Å². The molecule has 3 heterocycles. The molecule has 0 aliphatic carbocycles. The molecule has 0 unspecified atom stereocenters. The lowest BCUT2D eigenvalue weighted by Crippen LogP contribution is -2.37. The Hall–Kier alpha value is -2.21. The first-order valence-electron chi connectivity index (χ1n) is 8.72. The summed E-state index contributed by atoms with van der Waals surface area (Å²) < 4.78 is 6.59. The maximum atomic E-state index is 12.9. The molecule has 0 N–H and O–H groups in total. The number of rotatable bonds is 3. The van der Waals surface area contributed by atoms with Gasteiger partial charge in [-0.1, -0.05) is 37.2 Å². The van der Waals surface area contributed by atoms with E-state index in [-0.39, 0.29) is 17.7 Å². The molecule has 0 spiro atoms. The summed E-state index contributed by atoms with van der Waals surface area (Å²) in [5.74, 6) is 2.13. The number of piperidine rings is 1. The summed E-state index contributed by atoms with van der Waals surface area (Å²) >= 11 is 1.63. The van der Waals surface area contributed by atoms with Crippen LogP contribution < -0.4 is 0 Å². The van der Waals surface area contributed by atoms with Gasteiger partial charge in [-0.15, -0.1) is 11.3 Å². The van der Waals surface area contributed by atoms with E-state index in [9.17, 15) is 4.79 Å². The molecule has 1 aliphatic heterocycles. The van der Waals surface area contributed by atoms with Crippen LogP contribution in [0.4, 0.5) is 0 Å². The van der Waals surface area contributed by atoms with Crippen molar-refractivity contribution in [1.29, 1.82) is 0 Å². The Morgan fingerprint density at radius 3 is 2.76 bits per heavy atom. The quantitative estimate of drug-likeness (QED) is 0.697. The topological polar surface area (TPSA) is 59.2 Å². The van der Waals surface area contributed by atoms with E-state index >= 15 is 0 Å². The van der Waals surface area contributed by atoms with Crippen LogP contribution in [-0.4, -0.2) is 34.0 Å². The fraction of sp³-hybridized carbons (Fsp3) is 0.421. The number of benzene rings is 1. The first kappa shape index (κ1) is 16.3. The van der Waals surface area contributed by atoms with Crippen molar-refractivity contribution in [1.82, 2.24) is 15.0 Å². The van der Waals surface area contributed by atoms with Gasteiger partial charge in [-0.05, 0) is 18.9 Å². The Morgan fingerprint density at radius 2 is 2.04 bits per heavy atom. The van der Waals surface area contributed by atoms with Crippen molar-refractivity contribution in [3.63, 3.8) is 0 Å². The second-order valence-corrected chi connectivity index (χ2v) is 7.77. The fourth-order valence-corrected chi connectivity index (χ4v) is 4.23. The maximum absolute atomic E-state index is 12.9. The minimum absolute atomic E-state index is 0.129. The lowest BCUT2D eigenvalue weighted by molar-refractivity contribution is 0.0707. The van der Waals surface area contributed by atoms with Crippen molar-refractivity contribution in [3.05, 3.63) is 46.9 Å². The van der Waals surface area contributed by atoms with Crippen molar-refractivity contribution in [3.8, 4) is 0 Å². The molecule has 1 aliphatic rings. The smallest absolute Gasteiger partial charge is 0.255 e. The number of amides is 1. The average molecular weight is 355 g/mol. The zero-order chi connectivity index (χ0) is 17.4. The first-order valence-corrected chi connectivity index (χ1v) is 9.60. The van der Waals surface area contributed by atoms with Gasteiger partial charge in [0.1, 0.15) is 0 Å². The van der Waals surface area contributed by atoms with Crippen LogP contribution in [0.5, 0.6) is 0 Å². The van der Waals surface area contributed by atoms with E-state index in [0.717, 1.165) is 53.3 Å². The summed E-state index contributed by atoms with van der Waals surface area (Å²) in [7, 11) is 0. The van der Waals surface area contributed by atoms with Crippen molar-refractivity contribution in [2.24, 2.45) is 0 Å². The molecule has 1 saturated heterocycles. The van der Waals surface area contributed by atoms with E-state index in [1.54, 1.807) is 11.3 Å². The van der Waals surface area contributed by atoms with Gasteiger partial charge < -0.3 is 9.42 Å². The third kappa shape index (κ3) is 3.06. The molecule has 0 bridgehead atoms. The summed E-state index contributed by atoms with van der Waals surface area (Å²) in [5.41, 5.74) is 0.818. The number of fused-ring (bicyclic) bond motifs is 1. The van der Waals surface area contributed by atoms with E-state index in [0.29, 0.717) is 0 Å². The Labute approximate surface area is 150 Å². The van der Waals surface area contributed by atoms with Crippen LogP contribution >= 0.6 is 11.3 Å². The Kier molecular flexibility index (Phi) is 4.29. The Bertz CT molecular complexity index is 891. The molecular weight excluding hydrogens is 334 g/mol. The highest BCUT2D eigenvalue weighted by molar-refractivity contribution is 7.17. The van der Waals surface area contributed by atoms with Crippen molar-refractivity contribution < 1.29 is 9.32 Å². The molecule has 6 heteroatoms. The highest BCUT2D eigenvalue weighted by Crippen LogP contribution is 2.31. The van der Waals surface area contributed by atoms with Gasteiger partial charge in [0, 0.05) is 40.4 Å². The molecular formula is C19H21N3O2S. The van der Waals surface area contributed by atoms with Crippen LogP contribution in [0.15, 0.2) is 34.2 Å². The number of hydrogen-bond acceptors (Lipinski definition) is 5. The van der Waals surface area contributed by atoms with Crippen LogP contribution in [0.1, 0.15) is 60.6 Å². The van der Waals surface area contributed by atoms with E-state index < -0.39 is 0 Å². The number of thiophene rings is 1. The highest BCUT2D eigenvalue weighted by Gasteiger charge is 2.29. The van der Waals surface area contributed by atoms with Crippen molar-refractivity contribution in [2.45, 2.75) is 38.5 Å². The summed E-state index contributed by atoms with van der Waals surface area (Å²) in [6.07, 6.45) is 1.74. The number of likely N-dealkylation sites (tertiary alicyclic amines) is 1. The number of nitrogens with zero attached hydrogens (tertiary/aromatic N) is 3. The van der Waals surface area contributed by atoms with Gasteiger partial charge in [0.15, 0.2) is 5.82 Å². The van der Waals surface area contributed by atoms with Gasteiger partial charge >= 0.3 is 0 Å². The number of aromatic nitrogens is 2. The molecule has 3 aromatic rings. The third-order valence-corrected chi connectivity index (χ3v) is 5.78. The number of carbonyl (C=O) groups is 1. The average Bonchev–Trinajstić information content (AvgIpc) is 3.29. The van der Waals surface area contributed by atoms with Crippen LogP contribution in [0, 0.1) is 0 Å². The van der Waals surface area contributed by atoms with Crippen LogP contribution in [0.25, 0.3) is 10.1 Å². The molecule has 1 amide bonds. The molecule has 1 aromatic carbocycles. The zero-order valence-electron chi connectivity index (χ0n) is 14.4. The molecule has 5 nitrogen and oxygen atoms in total. The maximum Gasteiger partial charge on any atom is 0.255 e. The van der Waals surface area contributed by atoms with Gasteiger partial charge in [0.05, 0.1) is 5.56 Å². The summed E-state index contributed by atoms with van der Waals surface area (Å²) in [5, 5.41) is 7.09. The van der Waals surface area contributed by atoms with Crippen LogP contribution in [-0.2, 0) is 0 Å². The molecule has 1 fully saturated rings. The Morgan fingerprint density at radius 1 is 1.28 bits per heavy atom. The predicted molar refractivity (Wildman–Crippen MR) is 98.1 cm³/mol. The SMILES string of the molecule is CC(C)c1noc(C2CCN(C(=O)c3csc4ccccc34)CC2)n1. The van der Waals surface area contributed by atoms with E-state index in [1.165, 1.54) is 0 Å². The molecule has 0 saturated carbocycles. The van der Waals surface area contributed by atoms with Gasteiger partial charge in [-0.25, -0.2) is 0 Å². The second-order valence-electron chi connectivity index (χ2n) is 6.86. The lowest BCUT2D eigenvalue weighted by Gasteiger charge is -2.30. The third-order valence-electron chi connectivity index (χ3n) is 4.82. The van der Waals surface area contributed by atoms with Gasteiger partial charge in [0.2, 0.25) is 5.89 Å². The standard InChI is InChI=1S/C19H21N3O2S/c1-12(2)17-20-18(24-21-17)13-7-9-22(10-8-13)19(23)15-11-25-16-6-4-3-5-14(15)16/h3-6,11-13H,7-10H2,1-2H3. The molecule has 25 heavy (non-hydrogen) atoms. The van der Waals surface area contributed by atoms with E-state index in [4.69, 9.17) is 4.52 Å². The normalized spacial score (nSPS) is 16.0. The number of hydrogen-bond donors (Lipinski definition) is 0. The largest absolute Gasteiger partial charge is 0.339 e. The van der Waals surface area contributed by atoms with Crippen molar-refractivity contribution >= 4 is 27.3 Å². The minimum Gasteiger partial charge on any atom is -0.339 e. The molecule has 4 rings (SSSR count). The van der Waals surface area contributed by atoms with Gasteiger partial charge in [0.25, 0.3) is 5.91 Å². The number of carbonyl (C=O) groups excluding carboxylic acids is 1. The van der Waals surface area contributed by atoms with Crippen LogP contribution in [0.2, 0.25) is 0 Å². The van der Waals surface area contributed by atoms with E-state index in [2.05, 4.69) is 30.1 Å². The molecule has 130 valence electrons. The Balaban J connectivity index is 1.45. The summed E-state index contributed by atoms with van der Waals surface area (Å²) in [6.45, 7) is 5.57. The summed E-state index contributed by atoms with van der Waals surface area (Å²) in [4.78, 5) is 19.4. The fourth-order valence-electron chi connectivity index (χ4n) is 3.29. The minimum atomic E-state index is 0.129. The van der Waals surface area contributed by atoms with Gasteiger partial charge in [-0.3, -0.25) is 4.79 Å². The lowest BCUT2D eigenvalue weighted by atomic mass is 9.96. The molecule has 0 atom stereocenters. The van der Waals surface area contributed by atoms with Crippen molar-refractivity contribution in [2.75, 3.05) is 13.1 Å². The predicted octanol–water partition coefficient (Wildman–Crippen LogP) is 4.43. The monoisotopic (exact) mass is 355 g/mol. The second kappa shape index (κ2) is 6.59. The summed E-state index contributed by atoms with van der Waals surface area (Å²) in [6, 6.07) is 8.08. The zero-order valence-corrected chi connectivity index (χ0v) is 15.3. The highest BCUT2D eigenvalue weighted by atomic mass is 32.1. The first-order chi connectivity index (χ1) is 12.1.